The monoisotopic (exact) mass is 250 g/mol. The minimum atomic E-state index is -0.433. The summed E-state index contributed by atoms with van der Waals surface area (Å²) >= 11 is 0. The molecule has 4 heteroatoms. The van der Waals surface area contributed by atoms with Gasteiger partial charge in [-0.25, -0.2) is 0 Å². The summed E-state index contributed by atoms with van der Waals surface area (Å²) in [4.78, 5) is 18.1. The maximum atomic E-state index is 12.1. The first kappa shape index (κ1) is 14.6. The van der Waals surface area contributed by atoms with Crippen molar-refractivity contribution in [1.82, 2.24) is 9.88 Å². The van der Waals surface area contributed by atoms with Gasteiger partial charge in [-0.15, -0.1) is 0 Å². The molecule has 0 aromatic carbocycles. The lowest BCUT2D eigenvalue weighted by Crippen LogP contribution is -2.36. The highest BCUT2D eigenvalue weighted by Crippen LogP contribution is 2.10. The SMILES string of the molecule is CC(O)CCC(=O)N(Cc1ccccn1)C(C)C. The number of amides is 1. The van der Waals surface area contributed by atoms with Crippen LogP contribution < -0.4 is 0 Å². The number of nitrogens with zero attached hydrogens (tertiary/aromatic N) is 2. The third-order valence-corrected chi connectivity index (χ3v) is 2.78. The second kappa shape index (κ2) is 7.11. The fourth-order valence-corrected chi connectivity index (χ4v) is 1.70. The first-order chi connectivity index (χ1) is 8.50. The summed E-state index contributed by atoms with van der Waals surface area (Å²) in [7, 11) is 0. The summed E-state index contributed by atoms with van der Waals surface area (Å²) in [5.74, 6) is 0.0663. The Morgan fingerprint density at radius 2 is 2.11 bits per heavy atom. The van der Waals surface area contributed by atoms with Crippen molar-refractivity contribution in [2.75, 3.05) is 0 Å². The zero-order valence-corrected chi connectivity index (χ0v) is 11.3. The van der Waals surface area contributed by atoms with Crippen molar-refractivity contribution in [3.8, 4) is 0 Å². The molecule has 0 fully saturated rings. The Morgan fingerprint density at radius 3 is 2.61 bits per heavy atom. The maximum absolute atomic E-state index is 12.1. The van der Waals surface area contributed by atoms with Crippen LogP contribution in [0.4, 0.5) is 0 Å². The Hall–Kier alpha value is -1.42. The van der Waals surface area contributed by atoms with Crippen LogP contribution in [0.15, 0.2) is 24.4 Å². The van der Waals surface area contributed by atoms with Gasteiger partial charge < -0.3 is 10.0 Å². The molecule has 0 saturated carbocycles. The van der Waals surface area contributed by atoms with Gasteiger partial charge in [-0.05, 0) is 39.3 Å². The van der Waals surface area contributed by atoms with Gasteiger partial charge in [0.1, 0.15) is 0 Å². The van der Waals surface area contributed by atoms with E-state index in [1.54, 1.807) is 18.0 Å². The summed E-state index contributed by atoms with van der Waals surface area (Å²) in [5, 5.41) is 9.23. The molecule has 0 aliphatic carbocycles. The van der Waals surface area contributed by atoms with Crippen LogP contribution in [0.1, 0.15) is 39.3 Å². The number of pyridine rings is 1. The van der Waals surface area contributed by atoms with E-state index in [9.17, 15) is 9.90 Å². The number of aromatic nitrogens is 1. The predicted octanol–water partition coefficient (Wildman–Crippen LogP) is 1.98. The van der Waals surface area contributed by atoms with E-state index in [2.05, 4.69) is 4.98 Å². The molecule has 1 rings (SSSR count). The number of aliphatic hydroxyl groups is 1. The molecule has 0 radical (unpaired) electrons. The van der Waals surface area contributed by atoms with E-state index in [4.69, 9.17) is 0 Å². The number of hydrogen-bond donors (Lipinski definition) is 1. The van der Waals surface area contributed by atoms with Crippen molar-refractivity contribution in [2.45, 2.75) is 52.3 Å². The van der Waals surface area contributed by atoms with E-state index in [1.165, 1.54) is 0 Å². The minimum Gasteiger partial charge on any atom is -0.393 e. The smallest absolute Gasteiger partial charge is 0.223 e. The van der Waals surface area contributed by atoms with Gasteiger partial charge in [-0.2, -0.15) is 0 Å². The van der Waals surface area contributed by atoms with Gasteiger partial charge in [0.15, 0.2) is 0 Å². The van der Waals surface area contributed by atoms with Crippen LogP contribution in [0.25, 0.3) is 0 Å². The van der Waals surface area contributed by atoms with Gasteiger partial charge in [0.05, 0.1) is 18.3 Å². The predicted molar refractivity (Wildman–Crippen MR) is 70.8 cm³/mol. The molecule has 4 nitrogen and oxygen atoms in total. The number of carbonyl (C=O) groups excluding carboxylic acids is 1. The molecular formula is C14H22N2O2. The molecular weight excluding hydrogens is 228 g/mol. The lowest BCUT2D eigenvalue weighted by Gasteiger charge is -2.26. The third-order valence-electron chi connectivity index (χ3n) is 2.78. The number of rotatable bonds is 6. The second-order valence-corrected chi connectivity index (χ2v) is 4.82. The van der Waals surface area contributed by atoms with E-state index in [0.29, 0.717) is 19.4 Å². The van der Waals surface area contributed by atoms with Crippen LogP contribution in [0.5, 0.6) is 0 Å². The van der Waals surface area contributed by atoms with Crippen molar-refractivity contribution in [3.63, 3.8) is 0 Å². The lowest BCUT2D eigenvalue weighted by atomic mass is 10.1. The largest absolute Gasteiger partial charge is 0.393 e. The van der Waals surface area contributed by atoms with Gasteiger partial charge in [0, 0.05) is 18.7 Å². The number of carbonyl (C=O) groups is 1. The zero-order chi connectivity index (χ0) is 13.5. The summed E-state index contributed by atoms with van der Waals surface area (Å²) in [6, 6.07) is 5.82. The van der Waals surface area contributed by atoms with Gasteiger partial charge in [-0.3, -0.25) is 9.78 Å². The molecule has 18 heavy (non-hydrogen) atoms. The highest BCUT2D eigenvalue weighted by atomic mass is 16.3. The molecule has 0 aliphatic rings. The highest BCUT2D eigenvalue weighted by molar-refractivity contribution is 5.76. The second-order valence-electron chi connectivity index (χ2n) is 4.82. The summed E-state index contributed by atoms with van der Waals surface area (Å²) in [6.45, 7) is 6.20. The van der Waals surface area contributed by atoms with Crippen molar-refractivity contribution >= 4 is 5.91 Å². The van der Waals surface area contributed by atoms with Gasteiger partial charge >= 0.3 is 0 Å². The molecule has 1 heterocycles. The van der Waals surface area contributed by atoms with E-state index in [-0.39, 0.29) is 11.9 Å². The van der Waals surface area contributed by atoms with Crippen LogP contribution in [0.3, 0.4) is 0 Å². The fourth-order valence-electron chi connectivity index (χ4n) is 1.70. The fraction of sp³-hybridized carbons (Fsp3) is 0.571. The molecule has 1 atom stereocenters. The quantitative estimate of drug-likeness (QED) is 0.840. The van der Waals surface area contributed by atoms with Gasteiger partial charge in [0.25, 0.3) is 0 Å². The molecule has 0 saturated heterocycles. The third kappa shape index (κ3) is 4.84. The molecule has 1 N–H and O–H groups in total. The summed E-state index contributed by atoms with van der Waals surface area (Å²) in [5.41, 5.74) is 0.886. The van der Waals surface area contributed by atoms with Crippen LogP contribution >= 0.6 is 0 Å². The van der Waals surface area contributed by atoms with Crippen molar-refractivity contribution in [1.29, 1.82) is 0 Å². The van der Waals surface area contributed by atoms with Crippen LogP contribution in [-0.4, -0.2) is 33.0 Å². The highest BCUT2D eigenvalue weighted by Gasteiger charge is 2.17. The topological polar surface area (TPSA) is 53.4 Å². The lowest BCUT2D eigenvalue weighted by molar-refractivity contribution is -0.134. The molecule has 1 aromatic heterocycles. The van der Waals surface area contributed by atoms with Crippen molar-refractivity contribution in [3.05, 3.63) is 30.1 Å². The van der Waals surface area contributed by atoms with Gasteiger partial charge in [0.2, 0.25) is 5.91 Å². The number of aliphatic hydroxyl groups excluding tert-OH is 1. The zero-order valence-electron chi connectivity index (χ0n) is 11.3. The normalized spacial score (nSPS) is 12.5. The van der Waals surface area contributed by atoms with E-state index < -0.39 is 6.10 Å². The molecule has 0 spiro atoms. The molecule has 1 amide bonds. The Labute approximate surface area is 109 Å². The van der Waals surface area contributed by atoms with Gasteiger partial charge in [-0.1, -0.05) is 6.07 Å². The van der Waals surface area contributed by atoms with Crippen LogP contribution in [0.2, 0.25) is 0 Å². The standard InChI is InChI=1S/C14H22N2O2/c1-11(2)16(14(18)8-7-12(3)17)10-13-6-4-5-9-15-13/h4-6,9,11-12,17H,7-8,10H2,1-3H3. The average molecular weight is 250 g/mol. The summed E-state index contributed by atoms with van der Waals surface area (Å²) < 4.78 is 0. The Bertz CT molecular complexity index is 363. The van der Waals surface area contributed by atoms with E-state index in [0.717, 1.165) is 5.69 Å². The first-order valence-corrected chi connectivity index (χ1v) is 6.38. The molecule has 0 aliphatic heterocycles. The van der Waals surface area contributed by atoms with Crippen molar-refractivity contribution in [2.24, 2.45) is 0 Å². The first-order valence-electron chi connectivity index (χ1n) is 6.38. The molecule has 100 valence electrons. The Morgan fingerprint density at radius 1 is 1.39 bits per heavy atom. The Balaban J connectivity index is 2.62. The van der Waals surface area contributed by atoms with E-state index in [1.807, 2.05) is 32.0 Å². The van der Waals surface area contributed by atoms with Crippen LogP contribution in [0, 0.1) is 0 Å². The minimum absolute atomic E-state index is 0.0663. The molecule has 1 unspecified atom stereocenters. The average Bonchev–Trinajstić information content (AvgIpc) is 2.34. The summed E-state index contributed by atoms with van der Waals surface area (Å²) in [6.07, 6.45) is 2.18. The van der Waals surface area contributed by atoms with E-state index >= 15 is 0 Å². The van der Waals surface area contributed by atoms with Crippen LogP contribution in [-0.2, 0) is 11.3 Å². The number of hydrogen-bond acceptors (Lipinski definition) is 3. The molecule has 0 bridgehead atoms. The van der Waals surface area contributed by atoms with Crippen molar-refractivity contribution < 1.29 is 9.90 Å². The maximum Gasteiger partial charge on any atom is 0.223 e. The Kier molecular flexibility index (Phi) is 5.78. The molecule has 1 aromatic rings.